The van der Waals surface area contributed by atoms with Crippen LogP contribution < -0.4 is 5.56 Å². The quantitative estimate of drug-likeness (QED) is 0.741. The Kier molecular flexibility index (Phi) is 3.98. The number of aromatic nitrogens is 3. The zero-order chi connectivity index (χ0) is 15.5. The summed E-state index contributed by atoms with van der Waals surface area (Å²) in [5.41, 5.74) is 3.79. The van der Waals surface area contributed by atoms with Crippen molar-refractivity contribution in [3.63, 3.8) is 0 Å². The SMILES string of the molecule is COCCn1cnc2ccc(-c3ccccc3C)nc2c1=O. The van der Waals surface area contributed by atoms with Gasteiger partial charge in [-0.05, 0) is 24.6 Å². The monoisotopic (exact) mass is 295 g/mol. The summed E-state index contributed by atoms with van der Waals surface area (Å²) < 4.78 is 6.54. The summed E-state index contributed by atoms with van der Waals surface area (Å²) >= 11 is 0. The largest absolute Gasteiger partial charge is 0.383 e. The summed E-state index contributed by atoms with van der Waals surface area (Å²) in [6.45, 7) is 2.96. The van der Waals surface area contributed by atoms with Gasteiger partial charge in [0.1, 0.15) is 0 Å². The molecule has 22 heavy (non-hydrogen) atoms. The van der Waals surface area contributed by atoms with Gasteiger partial charge >= 0.3 is 0 Å². The molecule has 3 rings (SSSR count). The normalized spacial score (nSPS) is 11.0. The van der Waals surface area contributed by atoms with Crippen LogP contribution in [-0.4, -0.2) is 28.3 Å². The van der Waals surface area contributed by atoms with E-state index in [0.29, 0.717) is 24.2 Å². The second-order valence-electron chi connectivity index (χ2n) is 5.12. The van der Waals surface area contributed by atoms with Gasteiger partial charge in [0.25, 0.3) is 5.56 Å². The summed E-state index contributed by atoms with van der Waals surface area (Å²) in [6.07, 6.45) is 1.54. The molecular formula is C17H17N3O2. The number of benzene rings is 1. The predicted molar refractivity (Wildman–Crippen MR) is 85.8 cm³/mol. The molecule has 0 aliphatic heterocycles. The first kappa shape index (κ1) is 14.4. The second-order valence-corrected chi connectivity index (χ2v) is 5.12. The highest BCUT2D eigenvalue weighted by Crippen LogP contribution is 2.22. The van der Waals surface area contributed by atoms with E-state index in [1.54, 1.807) is 13.4 Å². The Balaban J connectivity index is 2.14. The number of hydrogen-bond donors (Lipinski definition) is 0. The molecule has 0 aliphatic rings. The fourth-order valence-electron chi connectivity index (χ4n) is 2.39. The molecule has 0 fully saturated rings. The molecule has 0 saturated heterocycles. The van der Waals surface area contributed by atoms with Crippen LogP contribution in [-0.2, 0) is 11.3 Å². The first-order valence-corrected chi connectivity index (χ1v) is 7.12. The van der Waals surface area contributed by atoms with Crippen molar-refractivity contribution in [2.75, 3.05) is 13.7 Å². The Morgan fingerprint density at radius 2 is 2.00 bits per heavy atom. The summed E-state index contributed by atoms with van der Waals surface area (Å²) in [5, 5.41) is 0. The Hall–Kier alpha value is -2.53. The van der Waals surface area contributed by atoms with Crippen molar-refractivity contribution >= 4 is 11.0 Å². The van der Waals surface area contributed by atoms with E-state index in [2.05, 4.69) is 9.97 Å². The zero-order valence-electron chi connectivity index (χ0n) is 12.6. The van der Waals surface area contributed by atoms with Crippen LogP contribution in [0.25, 0.3) is 22.3 Å². The molecule has 0 aliphatic carbocycles. The molecule has 0 spiro atoms. The first-order valence-electron chi connectivity index (χ1n) is 7.12. The number of ether oxygens (including phenoxy) is 1. The van der Waals surface area contributed by atoms with E-state index in [0.717, 1.165) is 16.8 Å². The third-order valence-corrected chi connectivity index (χ3v) is 3.63. The Bertz CT molecular complexity index is 871. The number of nitrogens with zero attached hydrogens (tertiary/aromatic N) is 3. The van der Waals surface area contributed by atoms with Gasteiger partial charge in [-0.1, -0.05) is 24.3 Å². The van der Waals surface area contributed by atoms with Gasteiger partial charge in [-0.2, -0.15) is 0 Å². The molecule has 0 atom stereocenters. The molecule has 5 heteroatoms. The molecule has 0 unspecified atom stereocenters. The zero-order valence-corrected chi connectivity index (χ0v) is 12.6. The van der Waals surface area contributed by atoms with Crippen LogP contribution in [0.5, 0.6) is 0 Å². The lowest BCUT2D eigenvalue weighted by Crippen LogP contribution is -2.23. The molecular weight excluding hydrogens is 278 g/mol. The fourth-order valence-corrected chi connectivity index (χ4v) is 2.39. The van der Waals surface area contributed by atoms with E-state index < -0.39 is 0 Å². The maximum Gasteiger partial charge on any atom is 0.279 e. The highest BCUT2D eigenvalue weighted by atomic mass is 16.5. The molecule has 1 aromatic carbocycles. The van der Waals surface area contributed by atoms with E-state index in [-0.39, 0.29) is 5.56 Å². The van der Waals surface area contributed by atoms with Gasteiger partial charge in [0.15, 0.2) is 5.52 Å². The predicted octanol–water partition coefficient (Wildman–Crippen LogP) is 2.41. The van der Waals surface area contributed by atoms with Crippen LogP contribution in [0.3, 0.4) is 0 Å². The third kappa shape index (κ3) is 2.63. The number of aryl methyl sites for hydroxylation is 1. The van der Waals surface area contributed by atoms with Crippen LogP contribution in [0.4, 0.5) is 0 Å². The van der Waals surface area contributed by atoms with Crippen molar-refractivity contribution < 1.29 is 4.74 Å². The minimum Gasteiger partial charge on any atom is -0.383 e. The first-order chi connectivity index (χ1) is 10.7. The summed E-state index contributed by atoms with van der Waals surface area (Å²) in [7, 11) is 1.61. The molecule has 3 aromatic rings. The van der Waals surface area contributed by atoms with E-state index >= 15 is 0 Å². The topological polar surface area (TPSA) is 57.0 Å². The Morgan fingerprint density at radius 1 is 1.18 bits per heavy atom. The summed E-state index contributed by atoms with van der Waals surface area (Å²) in [6, 6.07) is 11.7. The lowest BCUT2D eigenvalue weighted by molar-refractivity contribution is 0.186. The Labute approximate surface area is 128 Å². The number of rotatable bonds is 4. The van der Waals surface area contributed by atoms with Crippen molar-refractivity contribution in [1.82, 2.24) is 14.5 Å². The fraction of sp³-hybridized carbons (Fsp3) is 0.235. The average Bonchev–Trinajstić information content (AvgIpc) is 2.55. The summed E-state index contributed by atoms with van der Waals surface area (Å²) in [4.78, 5) is 21.3. The molecule has 5 nitrogen and oxygen atoms in total. The van der Waals surface area contributed by atoms with E-state index in [4.69, 9.17) is 4.74 Å². The number of hydrogen-bond acceptors (Lipinski definition) is 4. The van der Waals surface area contributed by atoms with Gasteiger partial charge in [0.2, 0.25) is 0 Å². The highest BCUT2D eigenvalue weighted by Gasteiger charge is 2.09. The molecule has 0 radical (unpaired) electrons. The van der Waals surface area contributed by atoms with Crippen LogP contribution in [0, 0.1) is 6.92 Å². The summed E-state index contributed by atoms with van der Waals surface area (Å²) in [5.74, 6) is 0. The van der Waals surface area contributed by atoms with Crippen molar-refractivity contribution in [2.24, 2.45) is 0 Å². The van der Waals surface area contributed by atoms with E-state index in [9.17, 15) is 4.79 Å². The van der Waals surface area contributed by atoms with E-state index in [1.165, 1.54) is 4.57 Å². The van der Waals surface area contributed by atoms with Crippen LogP contribution in [0.15, 0.2) is 47.5 Å². The second kappa shape index (κ2) is 6.07. The van der Waals surface area contributed by atoms with Crippen LogP contribution >= 0.6 is 0 Å². The van der Waals surface area contributed by atoms with Crippen molar-refractivity contribution in [3.8, 4) is 11.3 Å². The van der Waals surface area contributed by atoms with Gasteiger partial charge in [0, 0.05) is 12.7 Å². The van der Waals surface area contributed by atoms with Gasteiger partial charge in [-0.25, -0.2) is 9.97 Å². The maximum absolute atomic E-state index is 12.5. The van der Waals surface area contributed by atoms with Gasteiger partial charge in [0.05, 0.1) is 30.7 Å². The lowest BCUT2D eigenvalue weighted by atomic mass is 10.1. The number of pyridine rings is 1. The van der Waals surface area contributed by atoms with Gasteiger partial charge in [-0.3, -0.25) is 9.36 Å². The van der Waals surface area contributed by atoms with Gasteiger partial charge < -0.3 is 4.74 Å². The Morgan fingerprint density at radius 3 is 2.77 bits per heavy atom. The number of methoxy groups -OCH3 is 1. The van der Waals surface area contributed by atoms with Crippen molar-refractivity contribution in [1.29, 1.82) is 0 Å². The molecule has 0 bridgehead atoms. The van der Waals surface area contributed by atoms with Crippen molar-refractivity contribution in [3.05, 3.63) is 58.6 Å². The standard InChI is InChI=1S/C17H17N3O2/c1-12-5-3-4-6-13(12)14-7-8-15-16(19-14)17(21)20(11-18-15)9-10-22-2/h3-8,11H,9-10H2,1-2H3. The minimum absolute atomic E-state index is 0.141. The molecule has 0 saturated carbocycles. The minimum atomic E-state index is -0.141. The average molecular weight is 295 g/mol. The van der Waals surface area contributed by atoms with Crippen molar-refractivity contribution in [2.45, 2.75) is 13.5 Å². The lowest BCUT2D eigenvalue weighted by Gasteiger charge is -2.08. The molecule has 2 aromatic heterocycles. The van der Waals surface area contributed by atoms with E-state index in [1.807, 2.05) is 43.3 Å². The van der Waals surface area contributed by atoms with Crippen LogP contribution in [0.1, 0.15) is 5.56 Å². The molecule has 0 N–H and O–H groups in total. The van der Waals surface area contributed by atoms with Gasteiger partial charge in [-0.15, -0.1) is 0 Å². The molecule has 112 valence electrons. The molecule has 2 heterocycles. The smallest absolute Gasteiger partial charge is 0.279 e. The third-order valence-electron chi connectivity index (χ3n) is 3.63. The number of fused-ring (bicyclic) bond motifs is 1. The maximum atomic E-state index is 12.5. The molecule has 0 amide bonds. The van der Waals surface area contributed by atoms with Crippen LogP contribution in [0.2, 0.25) is 0 Å². The highest BCUT2D eigenvalue weighted by molar-refractivity contribution is 5.77.